The van der Waals surface area contributed by atoms with Gasteiger partial charge in [0.25, 0.3) is 0 Å². The summed E-state index contributed by atoms with van der Waals surface area (Å²) in [5.41, 5.74) is 0.405. The number of halogens is 1. The van der Waals surface area contributed by atoms with Crippen molar-refractivity contribution in [3.63, 3.8) is 0 Å². The number of benzene rings is 1. The van der Waals surface area contributed by atoms with Crippen LogP contribution in [0, 0.1) is 0 Å². The number of pyridine rings is 1. The van der Waals surface area contributed by atoms with Gasteiger partial charge in [-0.1, -0.05) is 17.7 Å². The molecule has 2 aromatic rings. The van der Waals surface area contributed by atoms with Crippen LogP contribution in [0.25, 0.3) is 0 Å². The summed E-state index contributed by atoms with van der Waals surface area (Å²) in [7, 11) is 2.46. The Morgan fingerprint density at radius 1 is 1.07 bits per heavy atom. The zero-order valence-corrected chi connectivity index (χ0v) is 16.4. The monoisotopic (exact) mass is 412 g/mol. The van der Waals surface area contributed by atoms with E-state index in [0.29, 0.717) is 22.2 Å². The maximum Gasteiger partial charge on any atom is 0.355 e. The van der Waals surface area contributed by atoms with Gasteiger partial charge >= 0.3 is 11.9 Å². The molecule has 0 bridgehead atoms. The number of methoxy groups -OCH3 is 2. The average molecular weight is 413 g/mol. The van der Waals surface area contributed by atoms with Crippen LogP contribution in [0.15, 0.2) is 78.4 Å². The van der Waals surface area contributed by atoms with E-state index in [9.17, 15) is 9.59 Å². The molecular formula is C21H17ClN2O5. The third-order valence-electron chi connectivity index (χ3n) is 3.93. The van der Waals surface area contributed by atoms with Crippen molar-refractivity contribution < 1.29 is 23.8 Å². The van der Waals surface area contributed by atoms with Crippen LogP contribution in [0.5, 0.6) is 11.5 Å². The molecule has 0 amide bonds. The number of allylic oxidation sites excluding steroid dienone is 2. The van der Waals surface area contributed by atoms with Crippen LogP contribution in [-0.2, 0) is 19.1 Å². The number of aromatic nitrogens is 1. The Bertz CT molecular complexity index is 1010. The molecule has 0 saturated carbocycles. The Morgan fingerprint density at radius 2 is 1.86 bits per heavy atom. The lowest BCUT2D eigenvalue weighted by molar-refractivity contribution is -0.139. The van der Waals surface area contributed by atoms with Crippen molar-refractivity contribution in [1.82, 2.24) is 4.98 Å². The quantitative estimate of drug-likeness (QED) is 0.686. The zero-order valence-electron chi connectivity index (χ0n) is 15.7. The van der Waals surface area contributed by atoms with Gasteiger partial charge in [-0.15, -0.1) is 0 Å². The molecule has 0 N–H and O–H groups in total. The largest absolute Gasteiger partial charge is 0.465 e. The molecule has 1 aliphatic rings. The topological polar surface area (TPSA) is 78.0 Å². The zero-order chi connectivity index (χ0) is 20.8. The van der Waals surface area contributed by atoms with Gasteiger partial charge in [0.1, 0.15) is 11.4 Å². The molecule has 1 aromatic carbocycles. The number of esters is 2. The van der Waals surface area contributed by atoms with Gasteiger partial charge in [0, 0.05) is 17.4 Å². The summed E-state index contributed by atoms with van der Waals surface area (Å²) in [6.07, 6.45) is 9.52. The lowest BCUT2D eigenvalue weighted by atomic mass is 10.1. The Morgan fingerprint density at radius 3 is 2.55 bits per heavy atom. The highest BCUT2D eigenvalue weighted by Gasteiger charge is 2.29. The Balaban J connectivity index is 2.18. The minimum atomic E-state index is -0.728. The minimum absolute atomic E-state index is 0.0247. The summed E-state index contributed by atoms with van der Waals surface area (Å²) in [5, 5.41) is 0.410. The Kier molecular flexibility index (Phi) is 6.31. The summed E-state index contributed by atoms with van der Waals surface area (Å²) in [6, 6.07) is 8.39. The summed E-state index contributed by atoms with van der Waals surface area (Å²) in [6.45, 7) is 0. The average Bonchev–Trinajstić information content (AvgIpc) is 2.97. The second-order valence-corrected chi connectivity index (χ2v) is 6.16. The highest BCUT2D eigenvalue weighted by atomic mass is 35.5. The number of rotatable bonds is 5. The van der Waals surface area contributed by atoms with E-state index in [4.69, 9.17) is 25.8 Å². The number of anilines is 1. The molecule has 0 saturated heterocycles. The number of nitrogens with zero attached hydrogens (tertiary/aromatic N) is 2. The van der Waals surface area contributed by atoms with Gasteiger partial charge in [-0.2, -0.15) is 0 Å². The van der Waals surface area contributed by atoms with Crippen molar-refractivity contribution in [3.05, 3.63) is 83.4 Å². The second-order valence-electron chi connectivity index (χ2n) is 5.72. The van der Waals surface area contributed by atoms with E-state index >= 15 is 0 Å². The number of hydrogen-bond acceptors (Lipinski definition) is 7. The maximum atomic E-state index is 12.6. The van der Waals surface area contributed by atoms with Gasteiger partial charge in [0.2, 0.25) is 0 Å². The second kappa shape index (κ2) is 9.07. The van der Waals surface area contributed by atoms with Crippen molar-refractivity contribution in [2.24, 2.45) is 0 Å². The first-order valence-corrected chi connectivity index (χ1v) is 8.85. The van der Waals surface area contributed by atoms with Gasteiger partial charge in [0.15, 0.2) is 5.75 Å². The van der Waals surface area contributed by atoms with E-state index in [-0.39, 0.29) is 11.3 Å². The van der Waals surface area contributed by atoms with Gasteiger partial charge in [-0.3, -0.25) is 4.98 Å². The minimum Gasteiger partial charge on any atom is -0.465 e. The Labute approximate surface area is 172 Å². The number of ether oxygens (including phenoxy) is 3. The molecule has 0 fully saturated rings. The van der Waals surface area contributed by atoms with Crippen LogP contribution >= 0.6 is 11.6 Å². The molecule has 0 atom stereocenters. The molecule has 29 heavy (non-hydrogen) atoms. The first-order valence-electron chi connectivity index (χ1n) is 8.47. The van der Waals surface area contributed by atoms with Crippen LogP contribution in [0.4, 0.5) is 5.69 Å². The van der Waals surface area contributed by atoms with Crippen molar-refractivity contribution in [2.75, 3.05) is 19.1 Å². The molecular weight excluding hydrogens is 396 g/mol. The van der Waals surface area contributed by atoms with Gasteiger partial charge in [-0.05, 0) is 42.5 Å². The molecule has 0 aliphatic carbocycles. The summed E-state index contributed by atoms with van der Waals surface area (Å²) >= 11 is 6.21. The molecule has 3 rings (SSSR count). The van der Waals surface area contributed by atoms with E-state index in [1.165, 1.54) is 25.2 Å². The fourth-order valence-corrected chi connectivity index (χ4v) is 2.82. The van der Waals surface area contributed by atoms with Crippen LogP contribution < -0.4 is 9.64 Å². The Hall–Kier alpha value is -3.58. The van der Waals surface area contributed by atoms with Crippen molar-refractivity contribution >= 4 is 29.2 Å². The lowest BCUT2D eigenvalue weighted by Crippen LogP contribution is -2.27. The van der Waals surface area contributed by atoms with Crippen molar-refractivity contribution in [1.29, 1.82) is 0 Å². The fraction of sp³-hybridized carbons (Fsp3) is 0.0952. The smallest absolute Gasteiger partial charge is 0.355 e. The SMILES string of the molecule is COC(=O)C1=C(C(=O)OC)N(c2cc(Cl)ccc2Oc2cccnc2)C=CC=C1. The molecule has 148 valence electrons. The normalized spacial score (nSPS) is 13.1. The van der Waals surface area contributed by atoms with E-state index < -0.39 is 11.9 Å². The molecule has 1 aliphatic heterocycles. The summed E-state index contributed by atoms with van der Waals surface area (Å²) < 4.78 is 15.7. The third-order valence-corrected chi connectivity index (χ3v) is 4.17. The fourth-order valence-electron chi connectivity index (χ4n) is 2.65. The molecule has 0 radical (unpaired) electrons. The first-order chi connectivity index (χ1) is 14.0. The van der Waals surface area contributed by atoms with Crippen LogP contribution in [-0.4, -0.2) is 31.1 Å². The molecule has 8 heteroatoms. The molecule has 0 spiro atoms. The predicted octanol–water partition coefficient (Wildman–Crippen LogP) is 4.02. The highest BCUT2D eigenvalue weighted by molar-refractivity contribution is 6.31. The van der Waals surface area contributed by atoms with E-state index in [0.717, 1.165) is 0 Å². The predicted molar refractivity (Wildman–Crippen MR) is 108 cm³/mol. The summed E-state index contributed by atoms with van der Waals surface area (Å²) in [5.74, 6) is -0.537. The summed E-state index contributed by atoms with van der Waals surface area (Å²) in [4.78, 5) is 30.4. The van der Waals surface area contributed by atoms with Gasteiger partial charge in [-0.25, -0.2) is 9.59 Å². The van der Waals surface area contributed by atoms with Gasteiger partial charge < -0.3 is 19.1 Å². The van der Waals surface area contributed by atoms with Gasteiger partial charge in [0.05, 0.1) is 31.7 Å². The third kappa shape index (κ3) is 4.47. The first kappa shape index (κ1) is 20.2. The number of hydrogen-bond donors (Lipinski definition) is 0. The molecule has 2 heterocycles. The van der Waals surface area contributed by atoms with E-state index in [1.54, 1.807) is 61.1 Å². The molecule has 7 nitrogen and oxygen atoms in total. The molecule has 1 aromatic heterocycles. The number of carbonyl (C=O) groups is 2. The molecule has 0 unspecified atom stereocenters. The standard InChI is InChI=1S/C21H17ClN2O5/c1-27-20(25)16-7-3-4-11-24(19(16)21(26)28-2)17-12-14(22)8-9-18(17)29-15-6-5-10-23-13-15/h3-13H,1-2H3. The van der Waals surface area contributed by atoms with Crippen LogP contribution in [0.3, 0.4) is 0 Å². The maximum absolute atomic E-state index is 12.6. The number of carbonyl (C=O) groups excluding carboxylic acids is 2. The van der Waals surface area contributed by atoms with Crippen molar-refractivity contribution in [2.45, 2.75) is 0 Å². The van der Waals surface area contributed by atoms with Crippen molar-refractivity contribution in [3.8, 4) is 11.5 Å². The highest BCUT2D eigenvalue weighted by Crippen LogP contribution is 2.38. The van der Waals surface area contributed by atoms with Crippen LogP contribution in [0.1, 0.15) is 0 Å². The van der Waals surface area contributed by atoms with Crippen LogP contribution in [0.2, 0.25) is 5.02 Å². The lowest BCUT2D eigenvalue weighted by Gasteiger charge is -2.25. The van der Waals surface area contributed by atoms with E-state index in [2.05, 4.69) is 4.98 Å². The van der Waals surface area contributed by atoms with E-state index in [1.807, 2.05) is 0 Å².